The number of imidazole rings is 1. The molecule has 2 heterocycles. The van der Waals surface area contributed by atoms with E-state index in [1.54, 1.807) is 11.5 Å². The van der Waals surface area contributed by atoms with E-state index in [1.807, 2.05) is 0 Å². The molecular weight excluding hydrogens is 406 g/mol. The lowest BCUT2D eigenvalue weighted by Crippen LogP contribution is -2.24. The van der Waals surface area contributed by atoms with Crippen LogP contribution < -0.4 is 10.5 Å². The first-order valence-electron chi connectivity index (χ1n) is 9.28. The molecule has 0 saturated heterocycles. The summed E-state index contributed by atoms with van der Waals surface area (Å²) in [5.74, 6) is 3.33. The molecular formula is C22H20F2N4O3. The Kier molecular flexibility index (Phi) is 6.04. The third-order valence-electron chi connectivity index (χ3n) is 4.49. The second kappa shape index (κ2) is 8.53. The maximum Gasteiger partial charge on any atom is 0.268 e. The second-order valence-corrected chi connectivity index (χ2v) is 6.79. The molecule has 1 aliphatic rings. The van der Waals surface area contributed by atoms with Gasteiger partial charge in [-0.3, -0.25) is 9.79 Å². The van der Waals surface area contributed by atoms with E-state index in [0.29, 0.717) is 17.9 Å². The van der Waals surface area contributed by atoms with Crippen molar-refractivity contribution in [1.29, 1.82) is 0 Å². The average Bonchev–Trinajstić information content (AvgIpc) is 3.08. The van der Waals surface area contributed by atoms with Crippen molar-refractivity contribution in [3.8, 4) is 29.0 Å². The molecule has 7 nitrogen and oxygen atoms in total. The number of halogens is 2. The quantitative estimate of drug-likeness (QED) is 0.446. The van der Waals surface area contributed by atoms with Gasteiger partial charge in [-0.1, -0.05) is 18.4 Å². The number of aliphatic imine (C=N–C) groups is 1. The lowest BCUT2D eigenvalue weighted by atomic mass is 10.0. The Morgan fingerprint density at radius 1 is 1.52 bits per heavy atom. The lowest BCUT2D eigenvalue weighted by Gasteiger charge is -2.17. The van der Waals surface area contributed by atoms with E-state index >= 15 is 0 Å². The molecule has 1 unspecified atom stereocenters. The number of carbonyl (C=O) groups is 1. The molecule has 2 aromatic rings. The topological polar surface area (TPSA) is 103 Å². The summed E-state index contributed by atoms with van der Waals surface area (Å²) in [5, 5.41) is 10.6. The fourth-order valence-electron chi connectivity index (χ4n) is 3.01. The van der Waals surface area contributed by atoms with E-state index in [9.17, 15) is 18.7 Å². The van der Waals surface area contributed by atoms with Crippen LogP contribution in [0.1, 0.15) is 29.9 Å². The molecule has 1 aliphatic heterocycles. The van der Waals surface area contributed by atoms with E-state index in [0.717, 1.165) is 12.1 Å². The van der Waals surface area contributed by atoms with Gasteiger partial charge in [0.25, 0.3) is 5.91 Å². The van der Waals surface area contributed by atoms with E-state index in [2.05, 4.69) is 28.4 Å². The van der Waals surface area contributed by atoms with E-state index < -0.39 is 23.2 Å². The summed E-state index contributed by atoms with van der Waals surface area (Å²) < 4.78 is 36.0. The highest BCUT2D eigenvalue weighted by atomic mass is 19.1. The number of allylic oxidation sites excluding steroid dienone is 2. The highest BCUT2D eigenvalue weighted by Gasteiger charge is 2.27. The predicted octanol–water partition coefficient (Wildman–Crippen LogP) is 2.74. The Morgan fingerprint density at radius 3 is 2.90 bits per heavy atom. The number of amides is 1. The van der Waals surface area contributed by atoms with Crippen molar-refractivity contribution in [2.45, 2.75) is 26.0 Å². The van der Waals surface area contributed by atoms with Gasteiger partial charge in [0, 0.05) is 18.5 Å². The van der Waals surface area contributed by atoms with Gasteiger partial charge in [0.05, 0.1) is 17.7 Å². The maximum absolute atomic E-state index is 14.7. The van der Waals surface area contributed by atoms with Crippen LogP contribution in [0.15, 0.2) is 47.5 Å². The smallest absolute Gasteiger partial charge is 0.268 e. The molecule has 0 fully saturated rings. The summed E-state index contributed by atoms with van der Waals surface area (Å²) in [6.07, 6.45) is 3.69. The van der Waals surface area contributed by atoms with Gasteiger partial charge < -0.3 is 20.1 Å². The Morgan fingerprint density at radius 2 is 2.26 bits per heavy atom. The van der Waals surface area contributed by atoms with Crippen LogP contribution in [-0.4, -0.2) is 39.0 Å². The number of hydrogen-bond acceptors (Lipinski definition) is 5. The number of fused-ring (bicyclic) bond motifs is 3. The van der Waals surface area contributed by atoms with Gasteiger partial charge in [0.2, 0.25) is 0 Å². The lowest BCUT2D eigenvalue weighted by molar-refractivity contribution is 0.0996. The molecule has 3 N–H and O–H groups in total. The van der Waals surface area contributed by atoms with Crippen molar-refractivity contribution in [2.24, 2.45) is 10.7 Å². The Labute approximate surface area is 177 Å². The second-order valence-electron chi connectivity index (χ2n) is 6.79. The van der Waals surface area contributed by atoms with Crippen LogP contribution in [0, 0.1) is 17.7 Å². The number of benzene rings is 1. The van der Waals surface area contributed by atoms with Gasteiger partial charge in [-0.15, -0.1) is 0 Å². The summed E-state index contributed by atoms with van der Waals surface area (Å²) in [4.78, 5) is 19.5. The zero-order chi connectivity index (χ0) is 22.8. The number of aliphatic hydroxyl groups is 1. The highest BCUT2D eigenvalue weighted by Crippen LogP contribution is 2.34. The molecule has 9 heteroatoms. The minimum atomic E-state index is -2.02. The molecule has 0 aliphatic carbocycles. The van der Waals surface area contributed by atoms with E-state index in [4.69, 9.17) is 10.5 Å². The van der Waals surface area contributed by atoms with Crippen molar-refractivity contribution in [3.63, 3.8) is 0 Å². The first kappa shape index (κ1) is 21.9. The molecule has 3 rings (SSSR count). The van der Waals surface area contributed by atoms with Crippen LogP contribution in [0.25, 0.3) is 11.4 Å². The summed E-state index contributed by atoms with van der Waals surface area (Å²) in [6, 6.07) is 2.53. The number of hydrogen-bond donors (Lipinski definition) is 2. The zero-order valence-electron chi connectivity index (χ0n) is 16.9. The monoisotopic (exact) mass is 426 g/mol. The molecule has 1 aromatic heterocycles. The molecule has 0 bridgehead atoms. The molecule has 31 heavy (non-hydrogen) atoms. The molecule has 1 atom stereocenters. The molecule has 1 aromatic carbocycles. The van der Waals surface area contributed by atoms with Gasteiger partial charge in [-0.25, -0.2) is 13.8 Å². The van der Waals surface area contributed by atoms with Crippen LogP contribution in [0.4, 0.5) is 8.78 Å². The van der Waals surface area contributed by atoms with Gasteiger partial charge in [0.15, 0.2) is 5.60 Å². The van der Waals surface area contributed by atoms with Crippen molar-refractivity contribution in [2.75, 3.05) is 6.61 Å². The molecule has 0 spiro atoms. The van der Waals surface area contributed by atoms with Crippen LogP contribution >= 0.6 is 0 Å². The van der Waals surface area contributed by atoms with Gasteiger partial charge >= 0.3 is 0 Å². The largest absolute Gasteiger partial charge is 0.491 e. The Bertz CT molecular complexity index is 1180. The Balaban J connectivity index is 2.11. The normalized spacial score (nSPS) is 15.4. The van der Waals surface area contributed by atoms with E-state index in [-0.39, 0.29) is 29.3 Å². The predicted molar refractivity (Wildman–Crippen MR) is 112 cm³/mol. The van der Waals surface area contributed by atoms with Gasteiger partial charge in [-0.05, 0) is 26.0 Å². The summed E-state index contributed by atoms with van der Waals surface area (Å²) in [7, 11) is 0. The number of aromatic nitrogens is 2. The van der Waals surface area contributed by atoms with Crippen molar-refractivity contribution < 1.29 is 23.4 Å². The number of primary amides is 1. The SMILES string of the molecule is C=C/C(F)=C(\N=CC)C(C)(O)C#Cc1cc2c(cc1F)OCCn1cc(C(N)=O)nc1-2. The van der Waals surface area contributed by atoms with Crippen molar-refractivity contribution in [1.82, 2.24) is 9.55 Å². The minimum absolute atomic E-state index is 0.0647. The first-order valence-corrected chi connectivity index (χ1v) is 9.28. The summed E-state index contributed by atoms with van der Waals surface area (Å²) >= 11 is 0. The Hall–Kier alpha value is -3.77. The number of nitrogens with two attached hydrogens (primary N) is 1. The molecule has 160 valence electrons. The fraction of sp³-hybridized carbons (Fsp3) is 0.227. The first-order chi connectivity index (χ1) is 14.7. The third kappa shape index (κ3) is 4.39. The van der Waals surface area contributed by atoms with Crippen LogP contribution in [0.5, 0.6) is 5.75 Å². The number of ether oxygens (including phenoxy) is 1. The van der Waals surface area contributed by atoms with E-state index in [1.165, 1.54) is 25.4 Å². The average molecular weight is 426 g/mol. The van der Waals surface area contributed by atoms with Crippen molar-refractivity contribution in [3.05, 3.63) is 59.6 Å². The molecule has 1 amide bonds. The number of rotatable bonds is 4. The maximum atomic E-state index is 14.7. The van der Waals surface area contributed by atoms with Crippen LogP contribution in [0.2, 0.25) is 0 Å². The summed E-state index contributed by atoms with van der Waals surface area (Å²) in [5.41, 5.74) is 3.33. The number of carbonyl (C=O) groups excluding carboxylic acids is 1. The summed E-state index contributed by atoms with van der Waals surface area (Å²) in [6.45, 7) is 6.72. The van der Waals surface area contributed by atoms with Crippen LogP contribution in [0.3, 0.4) is 0 Å². The fourth-order valence-corrected chi connectivity index (χ4v) is 3.01. The standard InChI is InChI=1S/C22H20F2N4O3/c1-4-15(23)19(26-5-2)22(3,30)7-6-13-10-14-18(11-16(13)24)31-9-8-28-12-17(20(25)29)27-21(14)28/h4-5,10-12,30H,1,8-9H2,2-3H3,(H2,25,29)/b19-15+,26-5?. The minimum Gasteiger partial charge on any atom is -0.491 e. The zero-order valence-corrected chi connectivity index (χ0v) is 16.9. The third-order valence-corrected chi connectivity index (χ3v) is 4.49. The highest BCUT2D eigenvalue weighted by molar-refractivity contribution is 5.91. The van der Waals surface area contributed by atoms with Gasteiger partial charge in [0.1, 0.15) is 41.2 Å². The van der Waals surface area contributed by atoms with Crippen LogP contribution in [-0.2, 0) is 6.54 Å². The van der Waals surface area contributed by atoms with Crippen molar-refractivity contribution >= 4 is 12.1 Å². The number of nitrogens with zero attached hydrogens (tertiary/aromatic N) is 3. The molecule has 0 saturated carbocycles. The molecule has 0 radical (unpaired) electrons. The van der Waals surface area contributed by atoms with Gasteiger partial charge in [-0.2, -0.15) is 0 Å².